The molecule has 3 heterocycles. The van der Waals surface area contributed by atoms with Crippen LogP contribution < -0.4 is 5.32 Å². The van der Waals surface area contributed by atoms with Gasteiger partial charge in [-0.05, 0) is 24.6 Å². The highest BCUT2D eigenvalue weighted by Gasteiger charge is 2.40. The largest absolute Gasteiger partial charge is 0.391 e. The maximum absolute atomic E-state index is 14.5. The van der Waals surface area contributed by atoms with Crippen molar-refractivity contribution in [3.63, 3.8) is 0 Å². The van der Waals surface area contributed by atoms with Gasteiger partial charge in [-0.1, -0.05) is 0 Å². The van der Waals surface area contributed by atoms with Crippen molar-refractivity contribution in [2.24, 2.45) is 0 Å². The van der Waals surface area contributed by atoms with Crippen LogP contribution in [-0.4, -0.2) is 74.2 Å². The number of benzene rings is 1. The Morgan fingerprint density at radius 2 is 2.09 bits per heavy atom. The van der Waals surface area contributed by atoms with Gasteiger partial charge in [0.2, 0.25) is 0 Å². The Bertz CT molecular complexity index is 1220. The summed E-state index contributed by atoms with van der Waals surface area (Å²) in [7, 11) is 1.57. The topological polar surface area (TPSA) is 116 Å². The average Bonchev–Trinajstić information content (AvgIpc) is 3.52. The number of methoxy groups -OCH3 is 1. The Morgan fingerprint density at radius 3 is 2.85 bits per heavy atom. The van der Waals surface area contributed by atoms with Crippen LogP contribution >= 0.6 is 0 Å². The van der Waals surface area contributed by atoms with E-state index >= 15 is 0 Å². The van der Waals surface area contributed by atoms with E-state index in [-0.39, 0.29) is 53.2 Å². The fraction of sp³-hybridized carbons (Fsp3) is 0.455. The van der Waals surface area contributed by atoms with E-state index in [2.05, 4.69) is 25.5 Å². The van der Waals surface area contributed by atoms with Crippen molar-refractivity contribution >= 4 is 22.8 Å². The number of nitrogens with one attached hydrogen (secondary N) is 2. The Hall–Kier alpha value is -3.25. The molecule has 34 heavy (non-hydrogen) atoms. The van der Waals surface area contributed by atoms with Crippen molar-refractivity contribution in [2.75, 3.05) is 19.0 Å². The molecule has 0 radical (unpaired) electrons. The zero-order valence-corrected chi connectivity index (χ0v) is 18.2. The highest BCUT2D eigenvalue weighted by Crippen LogP contribution is 2.37. The van der Waals surface area contributed by atoms with Crippen LogP contribution in [0, 0.1) is 11.6 Å². The monoisotopic (exact) mass is 476 g/mol. The Kier molecular flexibility index (Phi) is 5.86. The second kappa shape index (κ2) is 8.84. The summed E-state index contributed by atoms with van der Waals surface area (Å²) in [5.74, 6) is -1.80. The maximum Gasteiger partial charge on any atom is 0.275 e. The Balaban J connectivity index is 1.49. The van der Waals surface area contributed by atoms with Gasteiger partial charge in [0.1, 0.15) is 30.0 Å². The van der Waals surface area contributed by atoms with Gasteiger partial charge in [-0.2, -0.15) is 5.10 Å². The van der Waals surface area contributed by atoms with Crippen molar-refractivity contribution in [3.05, 3.63) is 47.4 Å². The molecule has 5 atom stereocenters. The number of nitrogens with zero attached hydrogens (tertiary/aromatic N) is 4. The SMILES string of the molecule is CO[C@H]1C[C@@H](O)[C@H](Nc2ncnc3[nH]nc(C(=O)N4C[C@@H](F)C[C@@H]4c4cc(F)ccc4F)c23)C1. The molecule has 2 fully saturated rings. The fourth-order valence-corrected chi connectivity index (χ4v) is 4.83. The number of anilines is 1. The number of amides is 1. The summed E-state index contributed by atoms with van der Waals surface area (Å²) in [6.45, 7) is -0.291. The van der Waals surface area contributed by atoms with Gasteiger partial charge in [0.25, 0.3) is 5.91 Å². The number of aliphatic hydroxyl groups excluding tert-OH is 1. The number of rotatable bonds is 5. The van der Waals surface area contributed by atoms with Gasteiger partial charge >= 0.3 is 0 Å². The molecule has 3 aromatic rings. The molecule has 3 N–H and O–H groups in total. The van der Waals surface area contributed by atoms with Crippen LogP contribution in [0.15, 0.2) is 24.5 Å². The summed E-state index contributed by atoms with van der Waals surface area (Å²) < 4.78 is 48.0. The van der Waals surface area contributed by atoms with Gasteiger partial charge in [0.15, 0.2) is 11.3 Å². The normalized spacial score (nSPS) is 27.0. The van der Waals surface area contributed by atoms with E-state index in [1.807, 2.05) is 0 Å². The molecule has 1 saturated carbocycles. The van der Waals surface area contributed by atoms with Crippen LogP contribution in [0.4, 0.5) is 19.0 Å². The van der Waals surface area contributed by atoms with Crippen LogP contribution in [0.3, 0.4) is 0 Å². The van der Waals surface area contributed by atoms with Crippen molar-refractivity contribution in [2.45, 2.75) is 49.7 Å². The van der Waals surface area contributed by atoms with E-state index < -0.39 is 35.9 Å². The lowest BCUT2D eigenvalue weighted by Crippen LogP contribution is -2.32. The molecule has 1 aromatic carbocycles. The number of hydrogen-bond acceptors (Lipinski definition) is 7. The van der Waals surface area contributed by atoms with E-state index in [4.69, 9.17) is 4.74 Å². The smallest absolute Gasteiger partial charge is 0.275 e. The molecular formula is C22H23F3N6O3. The van der Waals surface area contributed by atoms with Crippen LogP contribution in [0.2, 0.25) is 0 Å². The quantitative estimate of drug-likeness (QED) is 0.518. The predicted octanol–water partition coefficient (Wildman–Crippen LogP) is 2.51. The number of aromatic amines is 1. The molecule has 0 unspecified atom stereocenters. The molecule has 5 rings (SSSR count). The van der Waals surface area contributed by atoms with Gasteiger partial charge in [-0.15, -0.1) is 0 Å². The Morgan fingerprint density at radius 1 is 1.26 bits per heavy atom. The number of carbonyl (C=O) groups is 1. The molecular weight excluding hydrogens is 453 g/mol. The summed E-state index contributed by atoms with van der Waals surface area (Å²) >= 11 is 0. The predicted molar refractivity (Wildman–Crippen MR) is 115 cm³/mol. The van der Waals surface area contributed by atoms with Crippen LogP contribution in [0.5, 0.6) is 0 Å². The molecule has 1 saturated heterocycles. The fourth-order valence-electron chi connectivity index (χ4n) is 4.83. The minimum atomic E-state index is -1.41. The number of alkyl halides is 1. The Labute approximate surface area is 192 Å². The molecule has 9 nitrogen and oxygen atoms in total. The standard InChI is InChI=1S/C22H23F3N6O3/c1-34-12-6-15(17(32)7-12)28-20-18-19(29-30-21(18)27-9-26-20)22(33)31-8-11(24)5-16(31)13-4-10(23)2-3-14(13)25/h2-4,9,11-12,15-17,32H,5-8H2,1H3,(H2,26,27,28,29,30)/t11-,12+,15+,16+,17+/m0/s1. The van der Waals surface area contributed by atoms with E-state index in [1.165, 1.54) is 6.33 Å². The number of carbonyl (C=O) groups excluding carboxylic acids is 1. The maximum atomic E-state index is 14.5. The molecule has 0 bridgehead atoms. The highest BCUT2D eigenvalue weighted by atomic mass is 19.1. The number of halogens is 3. The summed E-state index contributed by atoms with van der Waals surface area (Å²) in [6.07, 6.45) is -0.119. The first-order valence-electron chi connectivity index (χ1n) is 10.9. The number of ether oxygens (including phenoxy) is 1. The number of aromatic nitrogens is 4. The van der Waals surface area contributed by atoms with E-state index in [0.717, 1.165) is 23.1 Å². The summed E-state index contributed by atoms with van der Waals surface area (Å²) in [5, 5.41) is 20.5. The van der Waals surface area contributed by atoms with Crippen LogP contribution in [0.25, 0.3) is 11.0 Å². The summed E-state index contributed by atoms with van der Waals surface area (Å²) in [4.78, 5) is 23.0. The molecule has 180 valence electrons. The van der Waals surface area contributed by atoms with Crippen molar-refractivity contribution in [3.8, 4) is 0 Å². The van der Waals surface area contributed by atoms with E-state index in [9.17, 15) is 23.1 Å². The number of aliphatic hydroxyl groups is 1. The van der Waals surface area contributed by atoms with Crippen molar-refractivity contribution in [1.29, 1.82) is 0 Å². The number of fused-ring (bicyclic) bond motifs is 1. The lowest BCUT2D eigenvalue weighted by atomic mass is 10.0. The first-order chi connectivity index (χ1) is 16.4. The van der Waals surface area contributed by atoms with Gasteiger partial charge in [-0.3, -0.25) is 9.89 Å². The third kappa shape index (κ3) is 3.96. The molecule has 2 aromatic heterocycles. The zero-order chi connectivity index (χ0) is 24.0. The zero-order valence-electron chi connectivity index (χ0n) is 18.2. The molecule has 1 aliphatic heterocycles. The van der Waals surface area contributed by atoms with E-state index in [0.29, 0.717) is 12.8 Å². The highest BCUT2D eigenvalue weighted by molar-refractivity contribution is 6.07. The van der Waals surface area contributed by atoms with Crippen LogP contribution in [-0.2, 0) is 4.74 Å². The molecule has 2 aliphatic rings. The summed E-state index contributed by atoms with van der Waals surface area (Å²) in [6, 6.07) is 1.53. The third-order valence-corrected chi connectivity index (χ3v) is 6.53. The first kappa shape index (κ1) is 22.5. The lowest BCUT2D eigenvalue weighted by Gasteiger charge is -2.24. The number of hydrogen-bond donors (Lipinski definition) is 3. The van der Waals surface area contributed by atoms with Gasteiger partial charge < -0.3 is 20.1 Å². The number of likely N-dealkylation sites (tertiary alicyclic amines) is 1. The van der Waals surface area contributed by atoms with Gasteiger partial charge in [-0.25, -0.2) is 23.1 Å². The second-order valence-corrected chi connectivity index (χ2v) is 8.64. The molecule has 1 aliphatic carbocycles. The van der Waals surface area contributed by atoms with Crippen LogP contribution in [0.1, 0.15) is 41.4 Å². The van der Waals surface area contributed by atoms with Crippen molar-refractivity contribution < 1.29 is 27.8 Å². The minimum absolute atomic E-state index is 0.0789. The average molecular weight is 476 g/mol. The van der Waals surface area contributed by atoms with Gasteiger partial charge in [0, 0.05) is 25.5 Å². The first-order valence-corrected chi connectivity index (χ1v) is 10.9. The van der Waals surface area contributed by atoms with E-state index in [1.54, 1.807) is 7.11 Å². The van der Waals surface area contributed by atoms with Gasteiger partial charge in [0.05, 0.1) is 36.2 Å². The lowest BCUT2D eigenvalue weighted by molar-refractivity contribution is 0.0722. The molecule has 12 heteroatoms. The molecule has 0 spiro atoms. The van der Waals surface area contributed by atoms with Crippen molar-refractivity contribution in [1.82, 2.24) is 25.1 Å². The second-order valence-electron chi connectivity index (χ2n) is 8.64. The molecule has 1 amide bonds. The third-order valence-electron chi connectivity index (χ3n) is 6.53. The minimum Gasteiger partial charge on any atom is -0.391 e. The number of H-pyrrole nitrogens is 1. The summed E-state index contributed by atoms with van der Waals surface area (Å²) in [5.41, 5.74) is 0.0912.